The van der Waals surface area contributed by atoms with Crippen LogP contribution in [-0.4, -0.2) is 50.3 Å². The van der Waals surface area contributed by atoms with Crippen LogP contribution in [0.1, 0.15) is 30.1 Å². The van der Waals surface area contributed by atoms with Crippen LogP contribution in [0.4, 0.5) is 17.2 Å². The van der Waals surface area contributed by atoms with Gasteiger partial charge in [0.25, 0.3) is 5.91 Å². The van der Waals surface area contributed by atoms with Crippen molar-refractivity contribution in [2.45, 2.75) is 19.8 Å². The zero-order chi connectivity index (χ0) is 19.3. The van der Waals surface area contributed by atoms with Crippen LogP contribution < -0.4 is 15.1 Å². The minimum atomic E-state index is -0.133. The number of hydrogen-bond acceptors (Lipinski definition) is 5. The number of piperidine rings is 1. The number of morpholine rings is 1. The molecule has 0 saturated carbocycles. The predicted molar refractivity (Wildman–Crippen MR) is 112 cm³/mol. The lowest BCUT2D eigenvalue weighted by atomic mass is 10.0. The van der Waals surface area contributed by atoms with E-state index in [1.54, 1.807) is 6.20 Å². The van der Waals surface area contributed by atoms with Gasteiger partial charge in [-0.3, -0.25) is 4.79 Å². The molecule has 1 atom stereocenters. The van der Waals surface area contributed by atoms with Gasteiger partial charge in [-0.25, -0.2) is 4.98 Å². The number of aromatic nitrogens is 1. The Morgan fingerprint density at radius 3 is 2.68 bits per heavy atom. The van der Waals surface area contributed by atoms with E-state index < -0.39 is 0 Å². The Labute approximate surface area is 166 Å². The molecule has 0 aliphatic carbocycles. The van der Waals surface area contributed by atoms with Gasteiger partial charge in [0.1, 0.15) is 5.82 Å². The normalized spacial score (nSPS) is 20.1. The van der Waals surface area contributed by atoms with Gasteiger partial charge in [0.2, 0.25) is 0 Å². The fourth-order valence-electron chi connectivity index (χ4n) is 3.96. The molecule has 2 fully saturated rings. The molecule has 0 spiro atoms. The second-order valence-corrected chi connectivity index (χ2v) is 7.67. The van der Waals surface area contributed by atoms with Crippen LogP contribution in [0.25, 0.3) is 0 Å². The molecule has 6 heteroatoms. The van der Waals surface area contributed by atoms with E-state index in [0.29, 0.717) is 24.7 Å². The number of benzene rings is 1. The molecule has 0 bridgehead atoms. The summed E-state index contributed by atoms with van der Waals surface area (Å²) in [5, 5.41) is 3.06. The summed E-state index contributed by atoms with van der Waals surface area (Å²) in [7, 11) is 0. The molecule has 0 radical (unpaired) electrons. The Balaban J connectivity index is 1.45. The molecule has 3 heterocycles. The molecule has 148 valence electrons. The first kappa shape index (κ1) is 18.7. The second-order valence-electron chi connectivity index (χ2n) is 7.67. The van der Waals surface area contributed by atoms with Gasteiger partial charge >= 0.3 is 0 Å². The van der Waals surface area contributed by atoms with Crippen molar-refractivity contribution in [2.24, 2.45) is 5.92 Å². The standard InChI is InChI=1S/C22H28N4O2/c1-17-5-4-10-26(16-17)21-9-8-18(15-23-21)22(27)24-19-6-2-3-7-20(19)25-11-13-28-14-12-25/h2-3,6-9,15,17H,4-5,10-14,16H2,1H3,(H,24,27). The summed E-state index contributed by atoms with van der Waals surface area (Å²) in [5.74, 6) is 1.51. The summed E-state index contributed by atoms with van der Waals surface area (Å²) in [6, 6.07) is 11.8. The van der Waals surface area contributed by atoms with Gasteiger partial charge in [0, 0.05) is 32.4 Å². The van der Waals surface area contributed by atoms with Crippen LogP contribution in [0.5, 0.6) is 0 Å². The third kappa shape index (κ3) is 4.28. The number of amides is 1. The SMILES string of the molecule is CC1CCCN(c2ccc(C(=O)Nc3ccccc3N3CCOCC3)cn2)C1. The maximum absolute atomic E-state index is 12.8. The average Bonchev–Trinajstić information content (AvgIpc) is 2.75. The molecule has 1 aromatic heterocycles. The summed E-state index contributed by atoms with van der Waals surface area (Å²) in [6.45, 7) is 7.43. The summed E-state index contributed by atoms with van der Waals surface area (Å²) >= 11 is 0. The van der Waals surface area contributed by atoms with Crippen molar-refractivity contribution >= 4 is 23.1 Å². The summed E-state index contributed by atoms with van der Waals surface area (Å²) in [4.78, 5) is 21.9. The van der Waals surface area contributed by atoms with Gasteiger partial charge in [-0.05, 0) is 43.0 Å². The number of pyridine rings is 1. The van der Waals surface area contributed by atoms with Gasteiger partial charge in [0.05, 0.1) is 30.2 Å². The highest BCUT2D eigenvalue weighted by Crippen LogP contribution is 2.27. The second kappa shape index (κ2) is 8.61. The van der Waals surface area contributed by atoms with E-state index >= 15 is 0 Å². The van der Waals surface area contributed by atoms with Crippen molar-refractivity contribution in [1.29, 1.82) is 0 Å². The number of nitrogens with zero attached hydrogens (tertiary/aromatic N) is 3. The Morgan fingerprint density at radius 2 is 1.93 bits per heavy atom. The van der Waals surface area contributed by atoms with Gasteiger partial charge < -0.3 is 19.9 Å². The summed E-state index contributed by atoms with van der Waals surface area (Å²) < 4.78 is 5.44. The molecule has 6 nitrogen and oxygen atoms in total. The van der Waals surface area contributed by atoms with E-state index in [9.17, 15) is 4.79 Å². The molecule has 1 unspecified atom stereocenters. The van der Waals surface area contributed by atoms with Crippen molar-refractivity contribution in [3.05, 3.63) is 48.2 Å². The molecule has 2 aliphatic rings. The van der Waals surface area contributed by atoms with Crippen molar-refractivity contribution in [3.63, 3.8) is 0 Å². The number of rotatable bonds is 4. The fraction of sp³-hybridized carbons (Fsp3) is 0.455. The molecule has 28 heavy (non-hydrogen) atoms. The van der Waals surface area contributed by atoms with Crippen LogP contribution >= 0.6 is 0 Å². The molecule has 4 rings (SSSR count). The van der Waals surface area contributed by atoms with E-state index in [0.717, 1.165) is 43.4 Å². The molecular weight excluding hydrogens is 352 g/mol. The first-order valence-electron chi connectivity index (χ1n) is 10.1. The topological polar surface area (TPSA) is 57.7 Å². The largest absolute Gasteiger partial charge is 0.378 e. The van der Waals surface area contributed by atoms with E-state index in [-0.39, 0.29) is 5.91 Å². The lowest BCUT2D eigenvalue weighted by Gasteiger charge is -2.31. The molecule has 2 saturated heterocycles. The van der Waals surface area contributed by atoms with E-state index in [4.69, 9.17) is 4.74 Å². The predicted octanol–water partition coefficient (Wildman–Crippen LogP) is 3.41. The smallest absolute Gasteiger partial charge is 0.257 e. The van der Waals surface area contributed by atoms with Crippen LogP contribution in [-0.2, 0) is 4.74 Å². The van der Waals surface area contributed by atoms with Crippen molar-refractivity contribution in [1.82, 2.24) is 4.98 Å². The van der Waals surface area contributed by atoms with Crippen LogP contribution in [0.15, 0.2) is 42.6 Å². The Bertz CT molecular complexity index is 802. The zero-order valence-corrected chi connectivity index (χ0v) is 16.4. The van der Waals surface area contributed by atoms with Crippen molar-refractivity contribution in [2.75, 3.05) is 54.5 Å². The minimum absolute atomic E-state index is 0.133. The highest BCUT2D eigenvalue weighted by molar-refractivity contribution is 6.05. The molecule has 1 aromatic carbocycles. The minimum Gasteiger partial charge on any atom is -0.378 e. The van der Waals surface area contributed by atoms with Gasteiger partial charge in [-0.2, -0.15) is 0 Å². The maximum atomic E-state index is 12.8. The third-order valence-corrected chi connectivity index (χ3v) is 5.50. The molecule has 1 amide bonds. The summed E-state index contributed by atoms with van der Waals surface area (Å²) in [5.41, 5.74) is 2.43. The number of anilines is 3. The highest BCUT2D eigenvalue weighted by atomic mass is 16.5. The van der Waals surface area contributed by atoms with Crippen LogP contribution in [0, 0.1) is 5.92 Å². The monoisotopic (exact) mass is 380 g/mol. The van der Waals surface area contributed by atoms with Crippen LogP contribution in [0.2, 0.25) is 0 Å². The summed E-state index contributed by atoms with van der Waals surface area (Å²) in [6.07, 6.45) is 4.16. The van der Waals surface area contributed by atoms with E-state index in [1.807, 2.05) is 36.4 Å². The Morgan fingerprint density at radius 1 is 1.11 bits per heavy atom. The van der Waals surface area contributed by atoms with Gasteiger partial charge in [0.15, 0.2) is 0 Å². The maximum Gasteiger partial charge on any atom is 0.257 e. The Hall–Kier alpha value is -2.60. The van der Waals surface area contributed by atoms with E-state index in [1.165, 1.54) is 12.8 Å². The van der Waals surface area contributed by atoms with Gasteiger partial charge in [-0.15, -0.1) is 0 Å². The number of carbonyl (C=O) groups is 1. The molecule has 2 aliphatic heterocycles. The fourth-order valence-corrected chi connectivity index (χ4v) is 3.96. The average molecular weight is 380 g/mol. The third-order valence-electron chi connectivity index (χ3n) is 5.50. The van der Waals surface area contributed by atoms with Crippen molar-refractivity contribution in [3.8, 4) is 0 Å². The number of carbonyl (C=O) groups excluding carboxylic acids is 1. The highest BCUT2D eigenvalue weighted by Gasteiger charge is 2.19. The first-order valence-corrected chi connectivity index (χ1v) is 10.1. The quantitative estimate of drug-likeness (QED) is 0.881. The lowest BCUT2D eigenvalue weighted by Crippen LogP contribution is -2.36. The van der Waals surface area contributed by atoms with Crippen LogP contribution in [0.3, 0.4) is 0 Å². The first-order chi connectivity index (χ1) is 13.7. The number of ether oxygens (including phenoxy) is 1. The zero-order valence-electron chi connectivity index (χ0n) is 16.4. The number of hydrogen-bond donors (Lipinski definition) is 1. The molecule has 2 aromatic rings. The molecule has 1 N–H and O–H groups in total. The lowest BCUT2D eigenvalue weighted by molar-refractivity contribution is 0.102. The number of nitrogens with one attached hydrogen (secondary N) is 1. The Kier molecular flexibility index (Phi) is 5.76. The number of para-hydroxylation sites is 2. The van der Waals surface area contributed by atoms with Gasteiger partial charge in [-0.1, -0.05) is 19.1 Å². The van der Waals surface area contributed by atoms with E-state index in [2.05, 4.69) is 27.0 Å². The van der Waals surface area contributed by atoms with Crippen molar-refractivity contribution < 1.29 is 9.53 Å². The molecular formula is C22H28N4O2.